The first-order valence-electron chi connectivity index (χ1n) is 9.89. The first-order chi connectivity index (χ1) is 14.0. The maximum absolute atomic E-state index is 14.8. The Morgan fingerprint density at radius 2 is 1.93 bits per heavy atom. The van der Waals surface area contributed by atoms with Crippen LogP contribution in [0.5, 0.6) is 0 Å². The van der Waals surface area contributed by atoms with E-state index in [9.17, 15) is 13.6 Å². The van der Waals surface area contributed by atoms with E-state index in [-0.39, 0.29) is 17.0 Å². The van der Waals surface area contributed by atoms with E-state index in [1.165, 1.54) is 0 Å². The second kappa shape index (κ2) is 8.80. The van der Waals surface area contributed by atoms with Gasteiger partial charge in [-0.1, -0.05) is 39.9 Å². The quantitative estimate of drug-likeness (QED) is 0.423. The fourth-order valence-electron chi connectivity index (χ4n) is 3.79. The molecule has 0 spiro atoms. The van der Waals surface area contributed by atoms with Gasteiger partial charge >= 0.3 is 0 Å². The van der Waals surface area contributed by atoms with Gasteiger partial charge < -0.3 is 9.47 Å². The topological polar surface area (TPSA) is 25.2 Å². The summed E-state index contributed by atoms with van der Waals surface area (Å²) in [6, 6.07) is 7.02. The molecule has 1 atom stereocenters. The van der Waals surface area contributed by atoms with Crippen molar-refractivity contribution in [2.45, 2.75) is 38.9 Å². The van der Waals surface area contributed by atoms with E-state index < -0.39 is 5.66 Å². The predicted molar refractivity (Wildman–Crippen MR) is 126 cm³/mol. The van der Waals surface area contributed by atoms with Crippen molar-refractivity contribution >= 4 is 38.5 Å². The van der Waals surface area contributed by atoms with E-state index in [4.69, 9.17) is 11.6 Å². The highest BCUT2D eigenvalue weighted by Crippen LogP contribution is 2.50. The van der Waals surface area contributed by atoms with Gasteiger partial charge in [0.1, 0.15) is 5.69 Å². The first kappa shape index (κ1) is 23.6. The third-order valence-electron chi connectivity index (χ3n) is 5.78. The number of aromatic nitrogens is 1. The lowest BCUT2D eigenvalue weighted by Crippen LogP contribution is -2.32. The van der Waals surface area contributed by atoms with Crippen molar-refractivity contribution in [3.8, 4) is 11.1 Å². The van der Waals surface area contributed by atoms with Crippen LogP contribution >= 0.6 is 32.6 Å². The van der Waals surface area contributed by atoms with Crippen LogP contribution in [0.15, 0.2) is 24.3 Å². The molecule has 1 fully saturated rings. The van der Waals surface area contributed by atoms with Crippen LogP contribution in [-0.2, 0) is 12.2 Å². The molecule has 1 aromatic heterocycles. The molecular formula is C22H28ClF2N2OPS. The number of carbonyl (C=O) groups is 1. The Hall–Kier alpha value is -1.10. The summed E-state index contributed by atoms with van der Waals surface area (Å²) in [6.07, 6.45) is 3.92. The number of nitrogens with zero attached hydrogens (tertiary/aromatic N) is 2. The number of alkyl halides is 2. The Morgan fingerprint density at radius 3 is 2.43 bits per heavy atom. The van der Waals surface area contributed by atoms with Crippen LogP contribution in [0.3, 0.4) is 0 Å². The standard InChI is InChI=1S/C22H28ClF2N2OPS/c1-14-17(15-5-7-16(23)8-6-15)18(20(28)26(3)11-12-30-4)27(13-21(2)9-10-21)19(14)22(24,25)29/h5-8H,9-13,29H2,1-4H3. The molecule has 8 heteroatoms. The third-order valence-corrected chi connectivity index (χ3v) is 6.90. The summed E-state index contributed by atoms with van der Waals surface area (Å²) in [5, 5.41) is 0.558. The Labute approximate surface area is 188 Å². The lowest BCUT2D eigenvalue weighted by molar-refractivity contribution is 0.0777. The summed E-state index contributed by atoms with van der Waals surface area (Å²) in [5.41, 5.74) is -1.26. The minimum Gasteiger partial charge on any atom is -0.340 e. The van der Waals surface area contributed by atoms with Crippen molar-refractivity contribution < 1.29 is 13.6 Å². The van der Waals surface area contributed by atoms with Gasteiger partial charge in [-0.3, -0.25) is 4.79 Å². The van der Waals surface area contributed by atoms with Crippen molar-refractivity contribution in [1.82, 2.24) is 9.47 Å². The van der Waals surface area contributed by atoms with Crippen molar-refractivity contribution in [1.29, 1.82) is 0 Å². The van der Waals surface area contributed by atoms with Crippen molar-refractivity contribution in [3.05, 3.63) is 46.2 Å². The molecule has 1 amide bonds. The Kier molecular flexibility index (Phi) is 6.91. The van der Waals surface area contributed by atoms with Crippen LogP contribution in [-0.4, -0.2) is 41.0 Å². The van der Waals surface area contributed by atoms with E-state index in [1.54, 1.807) is 68.7 Å². The van der Waals surface area contributed by atoms with Crippen molar-refractivity contribution in [2.24, 2.45) is 5.41 Å². The van der Waals surface area contributed by atoms with Gasteiger partial charge in [-0.2, -0.15) is 20.5 Å². The number of benzene rings is 1. The zero-order chi connectivity index (χ0) is 22.3. The van der Waals surface area contributed by atoms with Gasteiger partial charge in [0.25, 0.3) is 11.6 Å². The second-order valence-corrected chi connectivity index (χ2v) is 10.6. The molecule has 0 N–H and O–H groups in total. The van der Waals surface area contributed by atoms with Gasteiger partial charge in [-0.05, 0) is 54.7 Å². The molecule has 3 nitrogen and oxygen atoms in total. The monoisotopic (exact) mass is 472 g/mol. The number of carbonyl (C=O) groups excluding carboxylic acids is 1. The number of hydrogen-bond acceptors (Lipinski definition) is 2. The number of halogens is 3. The molecule has 1 heterocycles. The van der Waals surface area contributed by atoms with E-state index in [0.29, 0.717) is 40.5 Å². The summed E-state index contributed by atoms with van der Waals surface area (Å²) >= 11 is 7.69. The maximum Gasteiger partial charge on any atom is 0.298 e. The molecule has 1 unspecified atom stereocenters. The Morgan fingerprint density at radius 1 is 1.33 bits per heavy atom. The maximum atomic E-state index is 14.8. The smallest absolute Gasteiger partial charge is 0.298 e. The van der Waals surface area contributed by atoms with Crippen LogP contribution in [0.4, 0.5) is 8.78 Å². The average molecular weight is 473 g/mol. The van der Waals surface area contributed by atoms with Gasteiger partial charge in [0, 0.05) is 36.5 Å². The normalized spacial score (nSPS) is 15.3. The number of rotatable bonds is 8. The first-order valence-corrected chi connectivity index (χ1v) is 12.2. The van der Waals surface area contributed by atoms with Crippen LogP contribution in [0.25, 0.3) is 11.1 Å². The van der Waals surface area contributed by atoms with Crippen LogP contribution in [0.1, 0.15) is 41.5 Å². The molecule has 1 aliphatic carbocycles. The molecular weight excluding hydrogens is 445 g/mol. The minimum absolute atomic E-state index is 0.0553. The van der Waals surface area contributed by atoms with E-state index in [1.807, 2.05) is 6.26 Å². The highest BCUT2D eigenvalue weighted by atomic mass is 35.5. The van der Waals surface area contributed by atoms with Crippen molar-refractivity contribution in [3.63, 3.8) is 0 Å². The molecule has 0 bridgehead atoms. The number of thioether (sulfide) groups is 1. The Balaban J connectivity index is 2.26. The minimum atomic E-state index is -3.15. The van der Waals surface area contributed by atoms with Gasteiger partial charge in [-0.15, -0.1) is 0 Å². The second-order valence-electron chi connectivity index (χ2n) is 8.44. The molecule has 0 radical (unpaired) electrons. The van der Waals surface area contributed by atoms with E-state index in [2.05, 4.69) is 6.92 Å². The zero-order valence-electron chi connectivity index (χ0n) is 17.8. The zero-order valence-corrected chi connectivity index (χ0v) is 20.5. The van der Waals surface area contributed by atoms with Crippen LogP contribution < -0.4 is 0 Å². The predicted octanol–water partition coefficient (Wildman–Crippen LogP) is 6.28. The van der Waals surface area contributed by atoms with E-state index >= 15 is 0 Å². The molecule has 1 aromatic carbocycles. The summed E-state index contributed by atoms with van der Waals surface area (Å²) in [6.45, 7) is 4.72. The highest BCUT2D eigenvalue weighted by molar-refractivity contribution is 7.98. The molecule has 3 rings (SSSR count). The fourth-order valence-corrected chi connectivity index (χ4v) is 4.74. The van der Waals surface area contributed by atoms with Crippen LogP contribution in [0, 0.1) is 12.3 Å². The van der Waals surface area contributed by atoms with Gasteiger partial charge in [0.15, 0.2) is 0 Å². The average Bonchev–Trinajstić information content (AvgIpc) is 3.31. The van der Waals surface area contributed by atoms with Crippen molar-refractivity contribution in [2.75, 3.05) is 25.6 Å². The number of hydrogen-bond donors (Lipinski definition) is 0. The fraction of sp³-hybridized carbons (Fsp3) is 0.500. The lowest BCUT2D eigenvalue weighted by Gasteiger charge is -2.23. The summed E-state index contributed by atoms with van der Waals surface area (Å²) in [4.78, 5) is 15.2. The van der Waals surface area contributed by atoms with E-state index in [0.717, 1.165) is 18.6 Å². The number of amides is 1. The van der Waals surface area contributed by atoms with Gasteiger partial charge in [-0.25, -0.2) is 0 Å². The molecule has 0 aliphatic heterocycles. The molecule has 164 valence electrons. The molecule has 1 saturated carbocycles. The summed E-state index contributed by atoms with van der Waals surface area (Å²) in [7, 11) is 3.38. The van der Waals surface area contributed by atoms with Crippen LogP contribution in [0.2, 0.25) is 5.02 Å². The summed E-state index contributed by atoms with van der Waals surface area (Å²) < 4.78 is 31.2. The molecule has 0 saturated heterocycles. The largest absolute Gasteiger partial charge is 0.340 e. The molecule has 1 aliphatic rings. The Bertz CT molecular complexity index is 936. The SMILES string of the molecule is CSCCN(C)C(=O)c1c(-c2ccc(Cl)cc2)c(C)c(C(F)(F)P)n1CC1(C)CC1. The molecule has 2 aromatic rings. The lowest BCUT2D eigenvalue weighted by atomic mass is 10.0. The third kappa shape index (κ3) is 4.87. The van der Waals surface area contributed by atoms with Gasteiger partial charge in [0.05, 0.1) is 5.69 Å². The highest BCUT2D eigenvalue weighted by Gasteiger charge is 2.43. The molecule has 30 heavy (non-hydrogen) atoms. The summed E-state index contributed by atoms with van der Waals surface area (Å²) in [5.74, 6) is 0.546. The van der Waals surface area contributed by atoms with Gasteiger partial charge in [0.2, 0.25) is 0 Å².